The Balaban J connectivity index is 3.35. The van der Waals surface area contributed by atoms with Crippen LogP contribution in [0.5, 0.6) is 0 Å². The number of carbonyl (C=O) groups is 2. The van der Waals surface area contributed by atoms with Crippen LogP contribution in [-0.4, -0.2) is 29.4 Å². The summed E-state index contributed by atoms with van der Waals surface area (Å²) >= 11 is 0. The standard InChI is InChI=1S/C49H93NO3/c1-3-5-7-9-11-13-15-17-19-21-23-25-27-32-36-40-44-48(52)46-50-49(53)45-41-37-33-29-28-31-35-39-43-47(51)42-38-34-30-26-24-22-20-18-16-14-12-10-8-6-4-2/h12,14,18,20,48,52H,3-11,13,15-17,19,21-46H2,1-2H3,(H,50,53)/b14-12-,20-18-/t48-/m0/s1. The van der Waals surface area contributed by atoms with E-state index in [4.69, 9.17) is 0 Å². The lowest BCUT2D eigenvalue weighted by Crippen LogP contribution is -2.31. The SMILES string of the molecule is CCCCC/C=C\C/C=C\CCCCCCCC(=O)CCCCCCCCCCC(=O)NC[C@@H](O)CCCCCCCCCCCCCCCCCC. The smallest absolute Gasteiger partial charge is 0.220 e. The topological polar surface area (TPSA) is 66.4 Å². The highest BCUT2D eigenvalue weighted by Crippen LogP contribution is 2.16. The van der Waals surface area contributed by atoms with Crippen molar-refractivity contribution in [3.63, 3.8) is 0 Å². The molecule has 0 bridgehead atoms. The number of unbranched alkanes of at least 4 members (excludes halogenated alkanes) is 30. The summed E-state index contributed by atoms with van der Waals surface area (Å²) in [5.41, 5.74) is 0. The largest absolute Gasteiger partial charge is 0.391 e. The van der Waals surface area contributed by atoms with Gasteiger partial charge in [0.1, 0.15) is 5.78 Å². The molecule has 0 aromatic carbocycles. The maximum atomic E-state index is 12.2. The number of nitrogens with one attached hydrogen (secondary N) is 1. The Hall–Kier alpha value is -1.42. The fourth-order valence-corrected chi connectivity index (χ4v) is 7.28. The lowest BCUT2D eigenvalue weighted by atomic mass is 10.0. The van der Waals surface area contributed by atoms with Crippen molar-refractivity contribution in [3.8, 4) is 0 Å². The first-order valence-corrected chi connectivity index (χ1v) is 23.9. The molecule has 1 atom stereocenters. The summed E-state index contributed by atoms with van der Waals surface area (Å²) in [6.07, 6.45) is 56.1. The molecular weight excluding hydrogens is 651 g/mol. The first kappa shape index (κ1) is 51.6. The predicted octanol–water partition coefficient (Wildman–Crippen LogP) is 15.4. The van der Waals surface area contributed by atoms with Gasteiger partial charge in [-0.25, -0.2) is 0 Å². The van der Waals surface area contributed by atoms with Crippen LogP contribution in [-0.2, 0) is 9.59 Å². The summed E-state index contributed by atoms with van der Waals surface area (Å²) in [7, 11) is 0. The Morgan fingerprint density at radius 3 is 1.23 bits per heavy atom. The third-order valence-corrected chi connectivity index (χ3v) is 10.9. The molecule has 0 rings (SSSR count). The van der Waals surface area contributed by atoms with Crippen LogP contribution >= 0.6 is 0 Å². The second-order valence-corrected chi connectivity index (χ2v) is 16.4. The molecule has 0 heterocycles. The van der Waals surface area contributed by atoms with Crippen LogP contribution in [0, 0.1) is 0 Å². The normalized spacial score (nSPS) is 12.4. The maximum absolute atomic E-state index is 12.2. The number of ketones is 1. The highest BCUT2D eigenvalue weighted by Gasteiger charge is 2.07. The number of hydrogen-bond acceptors (Lipinski definition) is 3. The van der Waals surface area contributed by atoms with E-state index in [2.05, 4.69) is 43.5 Å². The zero-order valence-electron chi connectivity index (χ0n) is 35.9. The van der Waals surface area contributed by atoms with Crippen molar-refractivity contribution in [2.45, 2.75) is 270 Å². The quantitative estimate of drug-likeness (QED) is 0.0482. The van der Waals surface area contributed by atoms with Gasteiger partial charge >= 0.3 is 0 Å². The van der Waals surface area contributed by atoms with Crippen molar-refractivity contribution in [1.29, 1.82) is 0 Å². The number of allylic oxidation sites excluding steroid dienone is 4. The molecule has 0 unspecified atom stereocenters. The second-order valence-electron chi connectivity index (χ2n) is 16.4. The van der Waals surface area contributed by atoms with E-state index in [1.807, 2.05) is 0 Å². The minimum Gasteiger partial charge on any atom is -0.391 e. The molecule has 4 heteroatoms. The van der Waals surface area contributed by atoms with Gasteiger partial charge in [-0.2, -0.15) is 0 Å². The molecule has 0 fully saturated rings. The van der Waals surface area contributed by atoms with Crippen LogP contribution < -0.4 is 5.32 Å². The zero-order valence-corrected chi connectivity index (χ0v) is 35.9. The number of aliphatic hydroxyl groups excluding tert-OH is 1. The van der Waals surface area contributed by atoms with Crippen LogP contribution in [0.1, 0.15) is 264 Å². The van der Waals surface area contributed by atoms with Crippen LogP contribution in [0.25, 0.3) is 0 Å². The van der Waals surface area contributed by atoms with Crippen LogP contribution in [0.2, 0.25) is 0 Å². The molecule has 1 amide bonds. The van der Waals surface area contributed by atoms with E-state index in [1.165, 1.54) is 180 Å². The number of Topliss-reactive ketones (excluding diaryl/α,β-unsaturated/α-hetero) is 1. The first-order chi connectivity index (χ1) is 26.1. The molecule has 2 N–H and O–H groups in total. The summed E-state index contributed by atoms with van der Waals surface area (Å²) < 4.78 is 0. The highest BCUT2D eigenvalue weighted by molar-refractivity contribution is 5.78. The third kappa shape index (κ3) is 44.9. The van der Waals surface area contributed by atoms with Gasteiger partial charge in [0, 0.05) is 25.8 Å². The van der Waals surface area contributed by atoms with Gasteiger partial charge in [0.15, 0.2) is 0 Å². The average Bonchev–Trinajstić information content (AvgIpc) is 3.16. The maximum Gasteiger partial charge on any atom is 0.220 e. The molecule has 53 heavy (non-hydrogen) atoms. The summed E-state index contributed by atoms with van der Waals surface area (Å²) in [4.78, 5) is 24.4. The van der Waals surface area contributed by atoms with Crippen molar-refractivity contribution in [3.05, 3.63) is 24.3 Å². The lowest BCUT2D eigenvalue weighted by Gasteiger charge is -2.12. The van der Waals surface area contributed by atoms with E-state index in [0.717, 1.165) is 64.2 Å². The van der Waals surface area contributed by atoms with Gasteiger partial charge in [-0.05, 0) is 57.8 Å². The highest BCUT2D eigenvalue weighted by atomic mass is 16.3. The molecule has 0 aliphatic carbocycles. The van der Waals surface area contributed by atoms with E-state index < -0.39 is 6.10 Å². The molecule has 0 spiro atoms. The molecule has 0 saturated heterocycles. The van der Waals surface area contributed by atoms with Crippen LogP contribution in [0.4, 0.5) is 0 Å². The monoisotopic (exact) mass is 744 g/mol. The van der Waals surface area contributed by atoms with Gasteiger partial charge < -0.3 is 10.4 Å². The molecular formula is C49H93NO3. The Labute approximate surface area is 332 Å². The molecule has 0 saturated carbocycles. The Bertz CT molecular complexity index is 806. The van der Waals surface area contributed by atoms with E-state index in [9.17, 15) is 14.7 Å². The summed E-state index contributed by atoms with van der Waals surface area (Å²) in [5.74, 6) is 0.544. The number of aliphatic hydroxyl groups is 1. The molecule has 312 valence electrons. The van der Waals surface area contributed by atoms with Crippen LogP contribution in [0.3, 0.4) is 0 Å². The number of rotatable bonds is 44. The zero-order chi connectivity index (χ0) is 38.6. The predicted molar refractivity (Wildman–Crippen MR) is 234 cm³/mol. The summed E-state index contributed by atoms with van der Waals surface area (Å²) in [6, 6.07) is 0. The summed E-state index contributed by atoms with van der Waals surface area (Å²) in [5, 5.41) is 13.2. The van der Waals surface area contributed by atoms with Gasteiger partial charge in [-0.1, -0.05) is 212 Å². The van der Waals surface area contributed by atoms with E-state index in [-0.39, 0.29) is 5.91 Å². The van der Waals surface area contributed by atoms with Crippen molar-refractivity contribution >= 4 is 11.7 Å². The molecule has 0 aromatic rings. The Morgan fingerprint density at radius 1 is 0.434 bits per heavy atom. The Morgan fingerprint density at radius 2 is 0.774 bits per heavy atom. The van der Waals surface area contributed by atoms with Gasteiger partial charge in [0.05, 0.1) is 6.10 Å². The van der Waals surface area contributed by atoms with Crippen molar-refractivity contribution in [2.24, 2.45) is 0 Å². The van der Waals surface area contributed by atoms with E-state index >= 15 is 0 Å². The molecule has 4 nitrogen and oxygen atoms in total. The van der Waals surface area contributed by atoms with Crippen molar-refractivity contribution in [2.75, 3.05) is 6.54 Å². The lowest BCUT2D eigenvalue weighted by molar-refractivity contribution is -0.121. The number of hydrogen-bond donors (Lipinski definition) is 2. The molecule has 0 aliphatic rings. The third-order valence-electron chi connectivity index (χ3n) is 10.9. The van der Waals surface area contributed by atoms with Crippen LogP contribution in [0.15, 0.2) is 24.3 Å². The molecule has 0 radical (unpaired) electrons. The van der Waals surface area contributed by atoms with E-state index in [0.29, 0.717) is 18.7 Å². The molecule has 0 aliphatic heterocycles. The first-order valence-electron chi connectivity index (χ1n) is 23.9. The minimum absolute atomic E-state index is 0.0838. The van der Waals surface area contributed by atoms with Gasteiger partial charge in [-0.15, -0.1) is 0 Å². The fraction of sp³-hybridized carbons (Fsp3) is 0.878. The average molecular weight is 744 g/mol. The number of amides is 1. The van der Waals surface area contributed by atoms with Gasteiger partial charge in [-0.3, -0.25) is 9.59 Å². The van der Waals surface area contributed by atoms with Crippen molar-refractivity contribution in [1.82, 2.24) is 5.32 Å². The Kier molecular flexibility index (Phi) is 43.8. The number of carbonyl (C=O) groups excluding carboxylic acids is 2. The van der Waals surface area contributed by atoms with Gasteiger partial charge in [0.2, 0.25) is 5.91 Å². The fourth-order valence-electron chi connectivity index (χ4n) is 7.28. The minimum atomic E-state index is -0.411. The van der Waals surface area contributed by atoms with E-state index in [1.54, 1.807) is 0 Å². The second kappa shape index (κ2) is 45.0. The van der Waals surface area contributed by atoms with Crippen molar-refractivity contribution < 1.29 is 14.7 Å². The van der Waals surface area contributed by atoms with Gasteiger partial charge in [0.25, 0.3) is 0 Å². The molecule has 0 aromatic heterocycles. The summed E-state index contributed by atoms with van der Waals surface area (Å²) in [6.45, 7) is 4.94.